The second kappa shape index (κ2) is 7.90. The van der Waals surface area contributed by atoms with E-state index in [2.05, 4.69) is 16.2 Å². The van der Waals surface area contributed by atoms with Crippen LogP contribution in [0.4, 0.5) is 0 Å². The highest BCUT2D eigenvalue weighted by Gasteiger charge is 2.23. The molecule has 1 aliphatic rings. The average molecular weight is 364 g/mol. The first-order chi connectivity index (χ1) is 13.2. The van der Waals surface area contributed by atoms with Gasteiger partial charge in [-0.2, -0.15) is 5.10 Å². The highest BCUT2D eigenvalue weighted by Crippen LogP contribution is 2.26. The SMILES string of the molecule is COc1ccc(-c2cccc(C3CN(Cc4cnn(C)c4)CCO3)n2)cc1. The van der Waals surface area contributed by atoms with Crippen LogP contribution in [-0.2, 0) is 18.3 Å². The molecule has 4 rings (SSSR count). The molecule has 1 atom stereocenters. The van der Waals surface area contributed by atoms with Gasteiger partial charge in [0.05, 0.1) is 31.3 Å². The van der Waals surface area contributed by atoms with Crippen molar-refractivity contribution in [3.8, 4) is 17.0 Å². The van der Waals surface area contributed by atoms with Gasteiger partial charge >= 0.3 is 0 Å². The molecule has 1 saturated heterocycles. The molecule has 6 nitrogen and oxygen atoms in total. The summed E-state index contributed by atoms with van der Waals surface area (Å²) in [7, 11) is 3.62. The monoisotopic (exact) mass is 364 g/mol. The van der Waals surface area contributed by atoms with Crippen LogP contribution in [0.15, 0.2) is 54.9 Å². The number of ether oxygens (including phenoxy) is 2. The molecule has 0 saturated carbocycles. The molecule has 0 amide bonds. The number of aryl methyl sites for hydroxylation is 1. The quantitative estimate of drug-likeness (QED) is 0.696. The summed E-state index contributed by atoms with van der Waals surface area (Å²) in [6.07, 6.45) is 3.97. The minimum Gasteiger partial charge on any atom is -0.497 e. The van der Waals surface area contributed by atoms with Gasteiger partial charge in [-0.3, -0.25) is 14.6 Å². The van der Waals surface area contributed by atoms with Gasteiger partial charge in [0.1, 0.15) is 11.9 Å². The lowest BCUT2D eigenvalue weighted by molar-refractivity contribution is -0.0349. The fourth-order valence-electron chi connectivity index (χ4n) is 3.39. The first kappa shape index (κ1) is 17.7. The molecule has 6 heteroatoms. The Labute approximate surface area is 159 Å². The molecule has 3 heterocycles. The van der Waals surface area contributed by atoms with Crippen LogP contribution in [0.1, 0.15) is 17.4 Å². The van der Waals surface area contributed by atoms with E-state index in [1.165, 1.54) is 5.56 Å². The van der Waals surface area contributed by atoms with E-state index in [4.69, 9.17) is 14.5 Å². The summed E-state index contributed by atoms with van der Waals surface area (Å²) in [6, 6.07) is 14.1. The molecule has 1 aromatic carbocycles. The number of hydrogen-bond donors (Lipinski definition) is 0. The van der Waals surface area contributed by atoms with Gasteiger partial charge in [0.15, 0.2) is 0 Å². The molecule has 1 unspecified atom stereocenters. The number of methoxy groups -OCH3 is 1. The molecule has 0 bridgehead atoms. The second-order valence-electron chi connectivity index (χ2n) is 6.79. The van der Waals surface area contributed by atoms with Crippen LogP contribution >= 0.6 is 0 Å². The van der Waals surface area contributed by atoms with Crippen molar-refractivity contribution in [3.05, 3.63) is 66.1 Å². The van der Waals surface area contributed by atoms with Gasteiger partial charge in [-0.15, -0.1) is 0 Å². The first-order valence-corrected chi connectivity index (χ1v) is 9.14. The van der Waals surface area contributed by atoms with Crippen LogP contribution in [0.2, 0.25) is 0 Å². The van der Waals surface area contributed by atoms with Gasteiger partial charge in [-0.05, 0) is 36.4 Å². The van der Waals surface area contributed by atoms with E-state index in [1.54, 1.807) is 7.11 Å². The zero-order chi connectivity index (χ0) is 18.6. The summed E-state index contributed by atoms with van der Waals surface area (Å²) in [5.74, 6) is 0.844. The van der Waals surface area contributed by atoms with Gasteiger partial charge in [-0.1, -0.05) is 6.07 Å². The van der Waals surface area contributed by atoms with Gasteiger partial charge in [0, 0.05) is 44.0 Å². The number of benzene rings is 1. The fourth-order valence-corrected chi connectivity index (χ4v) is 3.39. The van der Waals surface area contributed by atoms with Gasteiger partial charge in [-0.25, -0.2) is 0 Å². The van der Waals surface area contributed by atoms with E-state index in [0.717, 1.165) is 42.3 Å². The van der Waals surface area contributed by atoms with Crippen molar-refractivity contribution in [2.75, 3.05) is 26.8 Å². The Morgan fingerprint density at radius 2 is 2.04 bits per heavy atom. The molecule has 3 aromatic rings. The molecular weight excluding hydrogens is 340 g/mol. The Kier molecular flexibility index (Phi) is 5.18. The highest BCUT2D eigenvalue weighted by molar-refractivity contribution is 5.60. The molecule has 0 spiro atoms. The summed E-state index contributed by atoms with van der Waals surface area (Å²) in [5.41, 5.74) is 4.21. The van der Waals surface area contributed by atoms with Crippen molar-refractivity contribution in [1.82, 2.24) is 19.7 Å². The number of morpholine rings is 1. The summed E-state index contributed by atoms with van der Waals surface area (Å²) >= 11 is 0. The number of nitrogens with zero attached hydrogens (tertiary/aromatic N) is 4. The standard InChI is InChI=1S/C21H24N4O2/c1-24-13-16(12-22-24)14-25-10-11-27-21(15-25)20-5-3-4-19(23-20)17-6-8-18(26-2)9-7-17/h3-9,12-13,21H,10-11,14-15H2,1-2H3. The largest absolute Gasteiger partial charge is 0.497 e. The van der Waals surface area contributed by atoms with Crippen LogP contribution in [0.3, 0.4) is 0 Å². The van der Waals surface area contributed by atoms with Crippen molar-refractivity contribution >= 4 is 0 Å². The van der Waals surface area contributed by atoms with Gasteiger partial charge in [0.25, 0.3) is 0 Å². The predicted octanol–water partition coefficient (Wildman–Crippen LogP) is 3.06. The van der Waals surface area contributed by atoms with E-state index in [0.29, 0.717) is 6.61 Å². The average Bonchev–Trinajstić information content (AvgIpc) is 3.13. The summed E-state index contributed by atoms with van der Waals surface area (Å²) in [4.78, 5) is 7.25. The lowest BCUT2D eigenvalue weighted by Crippen LogP contribution is -2.38. The smallest absolute Gasteiger partial charge is 0.118 e. The molecule has 0 aliphatic carbocycles. The normalized spacial score (nSPS) is 17.8. The van der Waals surface area contributed by atoms with Crippen molar-refractivity contribution in [2.45, 2.75) is 12.6 Å². The van der Waals surface area contributed by atoms with E-state index in [1.807, 2.05) is 60.4 Å². The Balaban J connectivity index is 1.48. The maximum absolute atomic E-state index is 6.02. The topological polar surface area (TPSA) is 52.4 Å². The number of pyridine rings is 1. The van der Waals surface area contributed by atoms with Crippen molar-refractivity contribution in [1.29, 1.82) is 0 Å². The number of rotatable bonds is 5. The lowest BCUT2D eigenvalue weighted by Gasteiger charge is -2.32. The molecule has 1 aliphatic heterocycles. The molecule has 0 N–H and O–H groups in total. The fraction of sp³-hybridized carbons (Fsp3) is 0.333. The summed E-state index contributed by atoms with van der Waals surface area (Å²) < 4.78 is 13.1. The zero-order valence-electron chi connectivity index (χ0n) is 15.7. The molecule has 2 aromatic heterocycles. The van der Waals surface area contributed by atoms with Crippen LogP contribution in [-0.4, -0.2) is 46.5 Å². The minimum absolute atomic E-state index is 0.0198. The van der Waals surface area contributed by atoms with Gasteiger partial charge < -0.3 is 9.47 Å². The van der Waals surface area contributed by atoms with Crippen LogP contribution in [0, 0.1) is 0 Å². The van der Waals surface area contributed by atoms with E-state index in [-0.39, 0.29) is 6.10 Å². The Morgan fingerprint density at radius 3 is 2.78 bits per heavy atom. The zero-order valence-corrected chi connectivity index (χ0v) is 15.7. The summed E-state index contributed by atoms with van der Waals surface area (Å²) in [6.45, 7) is 3.34. The van der Waals surface area contributed by atoms with Crippen LogP contribution < -0.4 is 4.74 Å². The minimum atomic E-state index is -0.0198. The molecular formula is C21H24N4O2. The Bertz CT molecular complexity index is 891. The van der Waals surface area contributed by atoms with Crippen LogP contribution in [0.5, 0.6) is 5.75 Å². The molecule has 27 heavy (non-hydrogen) atoms. The van der Waals surface area contributed by atoms with Gasteiger partial charge in [0.2, 0.25) is 0 Å². The molecule has 1 fully saturated rings. The van der Waals surface area contributed by atoms with Crippen molar-refractivity contribution in [2.24, 2.45) is 7.05 Å². The second-order valence-corrected chi connectivity index (χ2v) is 6.79. The van der Waals surface area contributed by atoms with Crippen molar-refractivity contribution < 1.29 is 9.47 Å². The van der Waals surface area contributed by atoms with Crippen molar-refractivity contribution in [3.63, 3.8) is 0 Å². The first-order valence-electron chi connectivity index (χ1n) is 9.14. The number of hydrogen-bond acceptors (Lipinski definition) is 5. The maximum Gasteiger partial charge on any atom is 0.118 e. The molecule has 140 valence electrons. The third-order valence-electron chi connectivity index (χ3n) is 4.80. The van der Waals surface area contributed by atoms with E-state index >= 15 is 0 Å². The van der Waals surface area contributed by atoms with Crippen LogP contribution in [0.25, 0.3) is 11.3 Å². The Hall–Kier alpha value is -2.70. The number of aromatic nitrogens is 3. The predicted molar refractivity (Wildman–Crippen MR) is 103 cm³/mol. The third kappa shape index (κ3) is 4.18. The third-order valence-corrected chi connectivity index (χ3v) is 4.80. The summed E-state index contributed by atoms with van der Waals surface area (Å²) in [5, 5.41) is 4.25. The lowest BCUT2D eigenvalue weighted by atomic mass is 10.1. The highest BCUT2D eigenvalue weighted by atomic mass is 16.5. The van der Waals surface area contributed by atoms with E-state index < -0.39 is 0 Å². The van der Waals surface area contributed by atoms with E-state index in [9.17, 15) is 0 Å². The Morgan fingerprint density at radius 1 is 1.19 bits per heavy atom. The molecule has 0 radical (unpaired) electrons. The maximum atomic E-state index is 6.02.